The van der Waals surface area contributed by atoms with Crippen molar-refractivity contribution >= 4 is 23.3 Å². The molecule has 1 aliphatic rings. The minimum Gasteiger partial charge on any atom is -0.480 e. The molecule has 0 saturated heterocycles. The number of carboxylic acids is 1. The minimum atomic E-state index is -4.58. The Labute approximate surface area is 112 Å². The molecular weight excluding hydrogens is 283 g/mol. The van der Waals surface area contributed by atoms with Crippen molar-refractivity contribution in [1.29, 1.82) is 0 Å². The monoisotopic (exact) mass is 293 g/mol. The fraction of sp³-hybridized carbons (Fsp3) is 0.417. The summed E-state index contributed by atoms with van der Waals surface area (Å²) >= 11 is 5.55. The Morgan fingerprint density at radius 1 is 1.42 bits per heavy atom. The van der Waals surface area contributed by atoms with Crippen LogP contribution in [0.25, 0.3) is 0 Å². The quantitative estimate of drug-likeness (QED) is 0.891. The molecule has 0 aliphatic heterocycles. The lowest BCUT2D eigenvalue weighted by Crippen LogP contribution is -2.32. The smallest absolute Gasteiger partial charge is 0.418 e. The van der Waals surface area contributed by atoms with Crippen LogP contribution in [0, 0.1) is 5.92 Å². The number of hydrogen-bond donors (Lipinski definition) is 2. The number of halogens is 4. The Hall–Kier alpha value is -1.43. The van der Waals surface area contributed by atoms with Crippen LogP contribution in [0.2, 0.25) is 5.02 Å². The number of aliphatic carboxylic acids is 1. The van der Waals surface area contributed by atoms with Crippen LogP contribution < -0.4 is 5.32 Å². The summed E-state index contributed by atoms with van der Waals surface area (Å²) < 4.78 is 38.6. The van der Waals surface area contributed by atoms with Crippen LogP contribution in [0.1, 0.15) is 18.4 Å². The van der Waals surface area contributed by atoms with Crippen LogP contribution in [0.15, 0.2) is 18.2 Å². The van der Waals surface area contributed by atoms with Crippen LogP contribution in [0.3, 0.4) is 0 Å². The molecule has 1 aliphatic carbocycles. The normalized spacial score (nSPS) is 17.1. The predicted octanol–water partition coefficient (Wildman–Crippen LogP) is 3.63. The molecule has 0 spiro atoms. The van der Waals surface area contributed by atoms with E-state index in [-0.39, 0.29) is 16.6 Å². The van der Waals surface area contributed by atoms with E-state index in [0.717, 1.165) is 12.1 Å². The van der Waals surface area contributed by atoms with Gasteiger partial charge in [-0.2, -0.15) is 13.2 Å². The highest BCUT2D eigenvalue weighted by Crippen LogP contribution is 2.39. The first-order chi connectivity index (χ1) is 8.79. The van der Waals surface area contributed by atoms with Crippen LogP contribution >= 0.6 is 11.6 Å². The first kappa shape index (κ1) is 14.0. The maximum absolute atomic E-state index is 12.9. The zero-order valence-corrected chi connectivity index (χ0v) is 10.4. The van der Waals surface area contributed by atoms with Gasteiger partial charge in [-0.05, 0) is 37.0 Å². The topological polar surface area (TPSA) is 49.3 Å². The summed E-state index contributed by atoms with van der Waals surface area (Å²) in [7, 11) is 0. The van der Waals surface area contributed by atoms with E-state index >= 15 is 0 Å². The van der Waals surface area contributed by atoms with Gasteiger partial charge < -0.3 is 10.4 Å². The van der Waals surface area contributed by atoms with Gasteiger partial charge in [-0.15, -0.1) is 0 Å². The molecule has 0 radical (unpaired) electrons. The van der Waals surface area contributed by atoms with Crippen LogP contribution in [-0.4, -0.2) is 17.1 Å². The van der Waals surface area contributed by atoms with Gasteiger partial charge in [-0.3, -0.25) is 0 Å². The lowest BCUT2D eigenvalue weighted by molar-refractivity contribution is -0.139. The Balaban J connectivity index is 2.31. The molecule has 19 heavy (non-hydrogen) atoms. The van der Waals surface area contributed by atoms with Crippen molar-refractivity contribution in [2.45, 2.75) is 25.1 Å². The number of carboxylic acid groups (broad SMARTS) is 1. The minimum absolute atomic E-state index is 0.0452. The van der Waals surface area contributed by atoms with Gasteiger partial charge in [-0.25, -0.2) is 4.79 Å². The molecule has 1 atom stereocenters. The van der Waals surface area contributed by atoms with Gasteiger partial charge in [0.1, 0.15) is 6.04 Å². The van der Waals surface area contributed by atoms with Crippen LogP contribution in [0.4, 0.5) is 18.9 Å². The molecule has 1 aromatic carbocycles. The summed E-state index contributed by atoms with van der Waals surface area (Å²) in [6.07, 6.45) is -3.17. The Morgan fingerprint density at radius 3 is 2.53 bits per heavy atom. The highest BCUT2D eigenvalue weighted by atomic mass is 35.5. The molecule has 1 fully saturated rings. The van der Waals surface area contributed by atoms with E-state index in [0.29, 0.717) is 12.8 Å². The third kappa shape index (κ3) is 3.32. The summed E-state index contributed by atoms with van der Waals surface area (Å²) in [6, 6.07) is 2.24. The van der Waals surface area contributed by atoms with E-state index in [1.165, 1.54) is 6.07 Å². The van der Waals surface area contributed by atoms with Crippen LogP contribution in [0.5, 0.6) is 0 Å². The van der Waals surface area contributed by atoms with Gasteiger partial charge in [0.25, 0.3) is 0 Å². The summed E-state index contributed by atoms with van der Waals surface area (Å²) in [5.41, 5.74) is -1.21. The number of anilines is 1. The average molecular weight is 294 g/mol. The van der Waals surface area contributed by atoms with E-state index in [4.69, 9.17) is 16.7 Å². The highest BCUT2D eigenvalue weighted by Gasteiger charge is 2.39. The van der Waals surface area contributed by atoms with E-state index in [1.54, 1.807) is 0 Å². The van der Waals surface area contributed by atoms with Crippen molar-refractivity contribution in [3.05, 3.63) is 28.8 Å². The molecule has 2 rings (SSSR count). The van der Waals surface area contributed by atoms with Gasteiger partial charge in [0, 0.05) is 10.7 Å². The maximum atomic E-state index is 12.9. The highest BCUT2D eigenvalue weighted by molar-refractivity contribution is 6.30. The largest absolute Gasteiger partial charge is 0.480 e. The van der Waals surface area contributed by atoms with E-state index in [9.17, 15) is 18.0 Å². The summed E-state index contributed by atoms with van der Waals surface area (Å²) in [5.74, 6) is -1.26. The molecule has 1 aromatic rings. The van der Waals surface area contributed by atoms with Gasteiger partial charge in [-0.1, -0.05) is 11.6 Å². The fourth-order valence-electron chi connectivity index (χ4n) is 1.86. The predicted molar refractivity (Wildman–Crippen MR) is 64.2 cm³/mol. The molecule has 0 bridgehead atoms. The standard InChI is InChI=1S/C12H11ClF3NO2/c13-7-3-4-9(8(5-7)12(14,15)16)17-10(11(18)19)6-1-2-6/h3-6,10,17H,1-2H2,(H,18,19). The second-order valence-corrected chi connectivity index (χ2v) is 4.92. The molecule has 3 nitrogen and oxygen atoms in total. The van der Waals surface area contributed by atoms with E-state index < -0.39 is 23.8 Å². The Bertz CT molecular complexity index is 500. The molecule has 1 saturated carbocycles. The molecular formula is C12H11ClF3NO2. The van der Waals surface area contributed by atoms with Gasteiger partial charge in [0.05, 0.1) is 5.56 Å². The molecule has 7 heteroatoms. The molecule has 1 unspecified atom stereocenters. The summed E-state index contributed by atoms with van der Waals surface area (Å²) in [4.78, 5) is 11.0. The van der Waals surface area contributed by atoms with Crippen molar-refractivity contribution in [3.8, 4) is 0 Å². The number of rotatable bonds is 4. The lowest BCUT2D eigenvalue weighted by atomic mass is 10.1. The molecule has 0 aromatic heterocycles. The number of benzene rings is 1. The molecule has 104 valence electrons. The van der Waals surface area contributed by atoms with Crippen molar-refractivity contribution < 1.29 is 23.1 Å². The van der Waals surface area contributed by atoms with Crippen molar-refractivity contribution in [3.63, 3.8) is 0 Å². The number of carbonyl (C=O) groups is 1. The molecule has 2 N–H and O–H groups in total. The van der Waals surface area contributed by atoms with Crippen molar-refractivity contribution in [1.82, 2.24) is 0 Å². The maximum Gasteiger partial charge on any atom is 0.418 e. The fourth-order valence-corrected chi connectivity index (χ4v) is 2.03. The third-order valence-corrected chi connectivity index (χ3v) is 3.19. The van der Waals surface area contributed by atoms with Crippen molar-refractivity contribution in [2.75, 3.05) is 5.32 Å². The van der Waals surface area contributed by atoms with Crippen LogP contribution in [-0.2, 0) is 11.0 Å². The SMILES string of the molecule is O=C(O)C(Nc1ccc(Cl)cc1C(F)(F)F)C1CC1. The Morgan fingerprint density at radius 2 is 2.05 bits per heavy atom. The second-order valence-electron chi connectivity index (χ2n) is 4.49. The van der Waals surface area contributed by atoms with Gasteiger partial charge >= 0.3 is 12.1 Å². The first-order valence-electron chi connectivity index (χ1n) is 5.65. The van der Waals surface area contributed by atoms with E-state index in [1.807, 2.05) is 0 Å². The zero-order valence-electron chi connectivity index (χ0n) is 9.67. The second kappa shape index (κ2) is 4.92. The first-order valence-corrected chi connectivity index (χ1v) is 6.03. The molecule has 0 heterocycles. The third-order valence-electron chi connectivity index (χ3n) is 2.96. The van der Waals surface area contributed by atoms with Gasteiger partial charge in [0.2, 0.25) is 0 Å². The average Bonchev–Trinajstić information content (AvgIpc) is 3.09. The summed E-state index contributed by atoms with van der Waals surface area (Å²) in [6.45, 7) is 0. The lowest BCUT2D eigenvalue weighted by Gasteiger charge is -2.19. The number of alkyl halides is 3. The number of hydrogen-bond acceptors (Lipinski definition) is 2. The summed E-state index contributed by atoms with van der Waals surface area (Å²) in [5, 5.41) is 11.4. The van der Waals surface area contributed by atoms with Gasteiger partial charge in [0.15, 0.2) is 0 Å². The Kier molecular flexibility index (Phi) is 3.62. The van der Waals surface area contributed by atoms with Crippen molar-refractivity contribution in [2.24, 2.45) is 5.92 Å². The zero-order chi connectivity index (χ0) is 14.2. The molecule has 0 amide bonds. The number of nitrogens with one attached hydrogen (secondary N) is 1. The van der Waals surface area contributed by atoms with E-state index in [2.05, 4.69) is 5.32 Å².